The zero-order chi connectivity index (χ0) is 14.3. The number of carboxylic acid groups (broad SMARTS) is 1. The van der Waals surface area contributed by atoms with E-state index in [1.807, 2.05) is 37.3 Å². The van der Waals surface area contributed by atoms with Gasteiger partial charge < -0.3 is 9.84 Å². The molecular formula is C15H20O4. The summed E-state index contributed by atoms with van der Waals surface area (Å²) in [5, 5.41) is 8.86. The molecule has 1 aromatic carbocycles. The fourth-order valence-electron chi connectivity index (χ4n) is 1.80. The van der Waals surface area contributed by atoms with Crippen LogP contribution in [-0.2, 0) is 20.9 Å². The van der Waals surface area contributed by atoms with Crippen LogP contribution >= 0.6 is 0 Å². The minimum Gasteiger partial charge on any atom is -0.481 e. The van der Waals surface area contributed by atoms with E-state index in [2.05, 4.69) is 0 Å². The fraction of sp³-hybridized carbons (Fsp3) is 0.467. The van der Waals surface area contributed by atoms with Crippen LogP contribution in [0.5, 0.6) is 0 Å². The van der Waals surface area contributed by atoms with Crippen molar-refractivity contribution in [3.63, 3.8) is 0 Å². The van der Waals surface area contributed by atoms with Crippen LogP contribution in [-0.4, -0.2) is 17.0 Å². The van der Waals surface area contributed by atoms with E-state index in [9.17, 15) is 9.59 Å². The Bertz CT molecular complexity index is 413. The summed E-state index contributed by atoms with van der Waals surface area (Å²) in [7, 11) is 0. The molecule has 0 bridgehead atoms. The first-order chi connectivity index (χ1) is 9.04. The van der Waals surface area contributed by atoms with Crippen molar-refractivity contribution in [1.82, 2.24) is 0 Å². The van der Waals surface area contributed by atoms with Crippen LogP contribution < -0.4 is 0 Å². The molecule has 0 spiro atoms. The summed E-state index contributed by atoms with van der Waals surface area (Å²) in [6.45, 7) is 3.70. The minimum atomic E-state index is -0.880. The summed E-state index contributed by atoms with van der Waals surface area (Å²) in [5.74, 6) is -2.09. The number of hydrogen-bond donors (Lipinski definition) is 1. The highest BCUT2D eigenvalue weighted by Crippen LogP contribution is 2.18. The van der Waals surface area contributed by atoms with E-state index in [1.54, 1.807) is 6.92 Å². The van der Waals surface area contributed by atoms with E-state index < -0.39 is 11.9 Å². The Balaban J connectivity index is 2.48. The zero-order valence-corrected chi connectivity index (χ0v) is 11.3. The van der Waals surface area contributed by atoms with Gasteiger partial charge in [0.15, 0.2) is 0 Å². The quantitative estimate of drug-likeness (QED) is 0.769. The smallest absolute Gasteiger partial charge is 0.309 e. The number of aliphatic carboxylic acids is 1. The van der Waals surface area contributed by atoms with E-state index in [4.69, 9.17) is 9.84 Å². The second-order valence-electron chi connectivity index (χ2n) is 4.67. The maximum Gasteiger partial charge on any atom is 0.309 e. The van der Waals surface area contributed by atoms with Gasteiger partial charge in [-0.25, -0.2) is 0 Å². The van der Waals surface area contributed by atoms with E-state index in [1.165, 1.54) is 0 Å². The summed E-state index contributed by atoms with van der Waals surface area (Å²) in [5.41, 5.74) is 0.928. The van der Waals surface area contributed by atoms with Gasteiger partial charge in [0.1, 0.15) is 6.61 Å². The van der Waals surface area contributed by atoms with Gasteiger partial charge in [-0.3, -0.25) is 9.59 Å². The minimum absolute atomic E-state index is 0.234. The molecule has 4 nitrogen and oxygen atoms in total. The predicted octanol–water partition coefficient (Wildman–Crippen LogP) is 2.87. The molecule has 0 saturated carbocycles. The third kappa shape index (κ3) is 5.12. The van der Waals surface area contributed by atoms with E-state index in [0.717, 1.165) is 5.56 Å². The van der Waals surface area contributed by atoms with Crippen molar-refractivity contribution < 1.29 is 19.4 Å². The van der Waals surface area contributed by atoms with E-state index in [0.29, 0.717) is 12.8 Å². The first kappa shape index (κ1) is 15.2. The van der Waals surface area contributed by atoms with Crippen molar-refractivity contribution in [2.24, 2.45) is 11.8 Å². The summed E-state index contributed by atoms with van der Waals surface area (Å²) in [6, 6.07) is 9.43. The van der Waals surface area contributed by atoms with Crippen LogP contribution in [0.1, 0.15) is 32.3 Å². The van der Waals surface area contributed by atoms with Crippen LogP contribution in [0.25, 0.3) is 0 Å². The molecule has 0 amide bonds. The number of carboxylic acids is 1. The normalized spacial score (nSPS) is 13.6. The molecule has 0 saturated heterocycles. The molecular weight excluding hydrogens is 244 g/mol. The molecule has 0 aliphatic heterocycles. The SMILES string of the molecule is CCC(CC(C)C(=O)O)C(=O)OCc1ccccc1. The average Bonchev–Trinajstić information content (AvgIpc) is 2.42. The van der Waals surface area contributed by atoms with Crippen molar-refractivity contribution in [1.29, 1.82) is 0 Å². The maximum absolute atomic E-state index is 11.9. The van der Waals surface area contributed by atoms with Gasteiger partial charge in [0, 0.05) is 0 Å². The molecule has 0 radical (unpaired) electrons. The molecule has 2 unspecified atom stereocenters. The Morgan fingerprint density at radius 3 is 2.42 bits per heavy atom. The second kappa shape index (κ2) is 7.56. The number of carbonyl (C=O) groups excluding carboxylic acids is 1. The molecule has 1 aromatic rings. The highest BCUT2D eigenvalue weighted by molar-refractivity contribution is 5.74. The number of hydrogen-bond acceptors (Lipinski definition) is 3. The molecule has 2 atom stereocenters. The Labute approximate surface area is 113 Å². The molecule has 1 N–H and O–H groups in total. The summed E-state index contributed by atoms with van der Waals surface area (Å²) in [6.07, 6.45) is 0.907. The summed E-state index contributed by atoms with van der Waals surface area (Å²) in [4.78, 5) is 22.7. The third-order valence-electron chi connectivity index (χ3n) is 3.11. The van der Waals surface area contributed by atoms with Crippen molar-refractivity contribution in [3.05, 3.63) is 35.9 Å². The lowest BCUT2D eigenvalue weighted by Crippen LogP contribution is -2.22. The topological polar surface area (TPSA) is 63.6 Å². The van der Waals surface area contributed by atoms with Gasteiger partial charge in [-0.2, -0.15) is 0 Å². The molecule has 0 heterocycles. The van der Waals surface area contributed by atoms with Crippen LogP contribution in [0.15, 0.2) is 30.3 Å². The van der Waals surface area contributed by atoms with Crippen LogP contribution in [0.2, 0.25) is 0 Å². The number of benzene rings is 1. The molecule has 104 valence electrons. The lowest BCUT2D eigenvalue weighted by atomic mass is 9.94. The number of esters is 1. The van der Waals surface area contributed by atoms with Gasteiger partial charge in [-0.05, 0) is 18.4 Å². The van der Waals surface area contributed by atoms with Crippen LogP contribution in [0, 0.1) is 11.8 Å². The fourth-order valence-corrected chi connectivity index (χ4v) is 1.80. The van der Waals surface area contributed by atoms with Gasteiger partial charge >= 0.3 is 11.9 Å². The molecule has 0 fully saturated rings. The molecule has 4 heteroatoms. The van der Waals surface area contributed by atoms with Gasteiger partial charge in [-0.15, -0.1) is 0 Å². The molecule has 0 aliphatic rings. The highest BCUT2D eigenvalue weighted by Gasteiger charge is 2.24. The Kier molecular flexibility index (Phi) is 6.06. The van der Waals surface area contributed by atoms with Gasteiger partial charge in [0.2, 0.25) is 0 Å². The number of rotatable bonds is 7. The standard InChI is InChI=1S/C15H20O4/c1-3-13(9-11(2)14(16)17)15(18)19-10-12-7-5-4-6-8-12/h4-8,11,13H,3,9-10H2,1-2H3,(H,16,17). The number of carbonyl (C=O) groups is 2. The first-order valence-corrected chi connectivity index (χ1v) is 6.48. The average molecular weight is 264 g/mol. The van der Waals surface area contributed by atoms with Gasteiger partial charge in [0.25, 0.3) is 0 Å². The zero-order valence-electron chi connectivity index (χ0n) is 11.3. The monoisotopic (exact) mass is 264 g/mol. The molecule has 0 aromatic heterocycles. The molecule has 19 heavy (non-hydrogen) atoms. The lowest BCUT2D eigenvalue weighted by molar-refractivity contribution is -0.151. The summed E-state index contributed by atoms with van der Waals surface area (Å²) >= 11 is 0. The summed E-state index contributed by atoms with van der Waals surface area (Å²) < 4.78 is 5.23. The molecule has 0 aliphatic carbocycles. The van der Waals surface area contributed by atoms with Gasteiger partial charge in [0.05, 0.1) is 11.8 Å². The van der Waals surface area contributed by atoms with E-state index >= 15 is 0 Å². The predicted molar refractivity (Wildman–Crippen MR) is 71.4 cm³/mol. The third-order valence-corrected chi connectivity index (χ3v) is 3.11. The highest BCUT2D eigenvalue weighted by atomic mass is 16.5. The first-order valence-electron chi connectivity index (χ1n) is 6.48. The number of ether oxygens (including phenoxy) is 1. The van der Waals surface area contributed by atoms with Crippen molar-refractivity contribution in [2.75, 3.05) is 0 Å². The largest absolute Gasteiger partial charge is 0.481 e. The van der Waals surface area contributed by atoms with Crippen molar-refractivity contribution >= 4 is 11.9 Å². The Morgan fingerprint density at radius 1 is 1.26 bits per heavy atom. The molecule has 1 rings (SSSR count). The lowest BCUT2D eigenvalue weighted by Gasteiger charge is -2.16. The van der Waals surface area contributed by atoms with Crippen LogP contribution in [0.3, 0.4) is 0 Å². The van der Waals surface area contributed by atoms with Crippen molar-refractivity contribution in [3.8, 4) is 0 Å². The Hall–Kier alpha value is -1.84. The Morgan fingerprint density at radius 2 is 1.89 bits per heavy atom. The van der Waals surface area contributed by atoms with Gasteiger partial charge in [-0.1, -0.05) is 44.2 Å². The second-order valence-corrected chi connectivity index (χ2v) is 4.67. The maximum atomic E-state index is 11.9. The van der Waals surface area contributed by atoms with Crippen LogP contribution in [0.4, 0.5) is 0 Å². The van der Waals surface area contributed by atoms with E-state index in [-0.39, 0.29) is 18.5 Å². The van der Waals surface area contributed by atoms with Crippen molar-refractivity contribution in [2.45, 2.75) is 33.3 Å².